The average molecular weight is 298 g/mol. The maximum atomic E-state index is 11.7. The number of hydrogen-bond acceptors (Lipinski definition) is 2. The van der Waals surface area contributed by atoms with E-state index in [0.717, 1.165) is 19.3 Å². The summed E-state index contributed by atoms with van der Waals surface area (Å²) in [6.45, 7) is 2.84. The van der Waals surface area contributed by atoms with Gasteiger partial charge in [-0.15, -0.1) is 0 Å². The number of carboxylic acids is 1. The molecule has 3 N–H and O–H groups in total. The molecular formula is C16H30N2O3. The van der Waals surface area contributed by atoms with Gasteiger partial charge in [0.15, 0.2) is 0 Å². The normalized spacial score (nSPS) is 16.0. The average Bonchev–Trinajstić information content (AvgIpc) is 2.40. The van der Waals surface area contributed by atoms with Crippen molar-refractivity contribution in [2.24, 2.45) is 0 Å². The Bertz CT molecular complexity index is 327. The molecule has 0 heterocycles. The lowest BCUT2D eigenvalue weighted by Crippen LogP contribution is -2.61. The van der Waals surface area contributed by atoms with Crippen molar-refractivity contribution in [2.45, 2.75) is 83.1 Å². The van der Waals surface area contributed by atoms with E-state index in [-0.39, 0.29) is 6.03 Å². The van der Waals surface area contributed by atoms with E-state index in [1.54, 1.807) is 0 Å². The standard InChI is InChI=1S/C16H30N2O3/c1-2-3-4-5-6-7-8-9-13-17-15(21)18-16(14(19)20)11-10-12-16/h2-13H2,1H3,(H,19,20)(H2,17,18,21). The molecule has 122 valence electrons. The second-order valence-electron chi connectivity index (χ2n) is 6.10. The van der Waals surface area contributed by atoms with Gasteiger partial charge in [-0.05, 0) is 25.7 Å². The van der Waals surface area contributed by atoms with Crippen LogP contribution in [0, 0.1) is 0 Å². The summed E-state index contributed by atoms with van der Waals surface area (Å²) in [5.74, 6) is -0.920. The van der Waals surface area contributed by atoms with Gasteiger partial charge in [-0.1, -0.05) is 51.9 Å². The second kappa shape index (κ2) is 9.64. The zero-order valence-corrected chi connectivity index (χ0v) is 13.2. The Morgan fingerprint density at radius 3 is 2.05 bits per heavy atom. The van der Waals surface area contributed by atoms with Gasteiger partial charge in [-0.3, -0.25) is 0 Å². The lowest BCUT2D eigenvalue weighted by molar-refractivity contribution is -0.148. The maximum Gasteiger partial charge on any atom is 0.329 e. The van der Waals surface area contributed by atoms with E-state index in [9.17, 15) is 9.59 Å². The Hall–Kier alpha value is -1.26. The van der Waals surface area contributed by atoms with E-state index in [2.05, 4.69) is 17.6 Å². The summed E-state index contributed by atoms with van der Waals surface area (Å²) < 4.78 is 0. The molecule has 2 amide bonds. The smallest absolute Gasteiger partial charge is 0.329 e. The highest BCUT2D eigenvalue weighted by Crippen LogP contribution is 2.31. The van der Waals surface area contributed by atoms with Crippen LogP contribution in [0.5, 0.6) is 0 Å². The summed E-state index contributed by atoms with van der Waals surface area (Å²) in [7, 11) is 0. The fourth-order valence-electron chi connectivity index (χ4n) is 2.64. The first-order chi connectivity index (χ1) is 10.1. The summed E-state index contributed by atoms with van der Waals surface area (Å²) in [5, 5.41) is 14.5. The van der Waals surface area contributed by atoms with Crippen LogP contribution >= 0.6 is 0 Å². The molecule has 5 heteroatoms. The Morgan fingerprint density at radius 2 is 1.57 bits per heavy atom. The SMILES string of the molecule is CCCCCCCCCCNC(=O)NC1(C(=O)O)CCC1. The van der Waals surface area contributed by atoms with Gasteiger partial charge in [0.25, 0.3) is 0 Å². The van der Waals surface area contributed by atoms with Gasteiger partial charge in [0.1, 0.15) is 5.54 Å². The molecule has 0 aromatic heterocycles. The Balaban J connectivity index is 1.98. The lowest BCUT2D eigenvalue weighted by atomic mass is 9.77. The molecule has 0 unspecified atom stereocenters. The lowest BCUT2D eigenvalue weighted by Gasteiger charge is -2.38. The fraction of sp³-hybridized carbons (Fsp3) is 0.875. The van der Waals surface area contributed by atoms with Crippen LogP contribution in [0.25, 0.3) is 0 Å². The largest absolute Gasteiger partial charge is 0.480 e. The van der Waals surface area contributed by atoms with E-state index in [1.165, 1.54) is 38.5 Å². The van der Waals surface area contributed by atoms with Crippen molar-refractivity contribution < 1.29 is 14.7 Å². The van der Waals surface area contributed by atoms with Gasteiger partial charge < -0.3 is 15.7 Å². The predicted molar refractivity (Wildman–Crippen MR) is 83.4 cm³/mol. The molecule has 1 aliphatic rings. The molecule has 5 nitrogen and oxygen atoms in total. The van der Waals surface area contributed by atoms with Crippen LogP contribution in [0.15, 0.2) is 0 Å². The molecule has 1 saturated carbocycles. The predicted octanol–water partition coefficient (Wildman–Crippen LogP) is 3.43. The van der Waals surface area contributed by atoms with Gasteiger partial charge in [0.05, 0.1) is 0 Å². The summed E-state index contributed by atoms with van der Waals surface area (Å²) >= 11 is 0. The number of urea groups is 1. The van der Waals surface area contributed by atoms with Crippen LogP contribution in [-0.2, 0) is 4.79 Å². The Kier molecular flexibility index (Phi) is 8.16. The third kappa shape index (κ3) is 6.36. The van der Waals surface area contributed by atoms with E-state index >= 15 is 0 Å². The second-order valence-corrected chi connectivity index (χ2v) is 6.10. The molecule has 0 aliphatic heterocycles. The van der Waals surface area contributed by atoms with E-state index in [0.29, 0.717) is 19.4 Å². The van der Waals surface area contributed by atoms with Crippen LogP contribution in [0.3, 0.4) is 0 Å². The molecule has 0 bridgehead atoms. The van der Waals surface area contributed by atoms with Crippen LogP contribution in [0.1, 0.15) is 77.6 Å². The molecule has 1 rings (SSSR count). The number of carbonyl (C=O) groups excluding carboxylic acids is 1. The van der Waals surface area contributed by atoms with Crippen molar-refractivity contribution in [3.05, 3.63) is 0 Å². The first-order valence-corrected chi connectivity index (χ1v) is 8.40. The van der Waals surface area contributed by atoms with Crippen molar-refractivity contribution in [3.63, 3.8) is 0 Å². The number of rotatable bonds is 11. The summed E-state index contributed by atoms with van der Waals surface area (Å²) in [6, 6.07) is -0.347. The number of amides is 2. The van der Waals surface area contributed by atoms with Crippen molar-refractivity contribution in [2.75, 3.05) is 6.54 Å². The van der Waals surface area contributed by atoms with Crippen LogP contribution in [-0.4, -0.2) is 29.2 Å². The van der Waals surface area contributed by atoms with Crippen molar-refractivity contribution in [1.82, 2.24) is 10.6 Å². The molecular weight excluding hydrogens is 268 g/mol. The molecule has 0 aromatic carbocycles. The zero-order chi connectivity index (χ0) is 15.6. The van der Waals surface area contributed by atoms with Gasteiger partial charge in [-0.2, -0.15) is 0 Å². The quantitative estimate of drug-likeness (QED) is 0.511. The molecule has 0 aromatic rings. The number of unbranched alkanes of at least 4 members (excludes halogenated alkanes) is 7. The first-order valence-electron chi connectivity index (χ1n) is 8.40. The summed E-state index contributed by atoms with van der Waals surface area (Å²) in [5.41, 5.74) is -1.01. The zero-order valence-electron chi connectivity index (χ0n) is 13.2. The van der Waals surface area contributed by atoms with Crippen molar-refractivity contribution in [1.29, 1.82) is 0 Å². The molecule has 0 atom stereocenters. The number of carboxylic acid groups (broad SMARTS) is 1. The summed E-state index contributed by atoms with van der Waals surface area (Å²) in [4.78, 5) is 22.8. The first kappa shape index (κ1) is 17.8. The third-order valence-corrected chi connectivity index (χ3v) is 4.29. The van der Waals surface area contributed by atoms with E-state index in [4.69, 9.17) is 5.11 Å². The van der Waals surface area contributed by atoms with Crippen molar-refractivity contribution >= 4 is 12.0 Å². The van der Waals surface area contributed by atoms with Gasteiger partial charge >= 0.3 is 12.0 Å². The molecule has 21 heavy (non-hydrogen) atoms. The van der Waals surface area contributed by atoms with Crippen LogP contribution in [0.2, 0.25) is 0 Å². The number of nitrogens with one attached hydrogen (secondary N) is 2. The number of carbonyl (C=O) groups is 2. The van der Waals surface area contributed by atoms with Gasteiger partial charge in [-0.25, -0.2) is 9.59 Å². The number of aliphatic carboxylic acids is 1. The van der Waals surface area contributed by atoms with Crippen LogP contribution in [0.4, 0.5) is 4.79 Å². The van der Waals surface area contributed by atoms with E-state index < -0.39 is 11.5 Å². The van der Waals surface area contributed by atoms with E-state index in [1.807, 2.05) is 0 Å². The minimum atomic E-state index is -1.01. The van der Waals surface area contributed by atoms with Gasteiger partial charge in [0, 0.05) is 6.54 Å². The molecule has 0 spiro atoms. The topological polar surface area (TPSA) is 78.4 Å². The Labute approximate surface area is 127 Å². The maximum absolute atomic E-state index is 11.7. The fourth-order valence-corrected chi connectivity index (χ4v) is 2.64. The number of hydrogen-bond donors (Lipinski definition) is 3. The monoisotopic (exact) mass is 298 g/mol. The summed E-state index contributed by atoms with van der Waals surface area (Å²) in [6.07, 6.45) is 11.7. The highest BCUT2D eigenvalue weighted by Gasteiger charge is 2.45. The molecule has 1 fully saturated rings. The highest BCUT2D eigenvalue weighted by molar-refractivity contribution is 5.87. The minimum absolute atomic E-state index is 0.347. The third-order valence-electron chi connectivity index (χ3n) is 4.29. The van der Waals surface area contributed by atoms with Crippen molar-refractivity contribution in [3.8, 4) is 0 Å². The van der Waals surface area contributed by atoms with Crippen LogP contribution < -0.4 is 10.6 Å². The molecule has 0 radical (unpaired) electrons. The molecule has 1 aliphatic carbocycles. The minimum Gasteiger partial charge on any atom is -0.480 e. The highest BCUT2D eigenvalue weighted by atomic mass is 16.4. The molecule has 0 saturated heterocycles. The van der Waals surface area contributed by atoms with Gasteiger partial charge in [0.2, 0.25) is 0 Å². The Morgan fingerprint density at radius 1 is 1.00 bits per heavy atom.